The van der Waals surface area contributed by atoms with Gasteiger partial charge in [0.25, 0.3) is 0 Å². The van der Waals surface area contributed by atoms with Gasteiger partial charge in [-0.05, 0) is 31.6 Å². The molecule has 0 aromatic rings. The van der Waals surface area contributed by atoms with Gasteiger partial charge in [0.2, 0.25) is 0 Å². The molecule has 1 heterocycles. The van der Waals surface area contributed by atoms with E-state index in [1.807, 2.05) is 0 Å². The summed E-state index contributed by atoms with van der Waals surface area (Å²) in [6.07, 6.45) is 7.20. The molecule has 2 atom stereocenters. The summed E-state index contributed by atoms with van der Waals surface area (Å²) >= 11 is 0. The normalized spacial score (nSPS) is 25.4. The minimum Gasteiger partial charge on any atom is -0.394 e. The van der Waals surface area contributed by atoms with E-state index < -0.39 is 0 Å². The first kappa shape index (κ1) is 16.6. The zero-order chi connectivity index (χ0) is 15.2. The molecule has 2 rings (SSSR count). The second-order valence-electron chi connectivity index (χ2n) is 7.05. The Kier molecular flexibility index (Phi) is 6.30. The van der Waals surface area contributed by atoms with E-state index in [1.165, 1.54) is 25.7 Å². The minimum atomic E-state index is -0.141. The van der Waals surface area contributed by atoms with Gasteiger partial charge >= 0.3 is 6.03 Å². The highest BCUT2D eigenvalue weighted by Crippen LogP contribution is 2.26. The van der Waals surface area contributed by atoms with Crippen LogP contribution in [-0.2, 0) is 0 Å². The Morgan fingerprint density at radius 1 is 1.29 bits per heavy atom. The second kappa shape index (κ2) is 7.99. The summed E-state index contributed by atoms with van der Waals surface area (Å²) < 4.78 is 0. The molecule has 5 nitrogen and oxygen atoms in total. The van der Waals surface area contributed by atoms with Gasteiger partial charge in [0.1, 0.15) is 0 Å². The number of carbonyl (C=O) groups excluding carboxylic acids is 1. The molecule has 1 aliphatic heterocycles. The van der Waals surface area contributed by atoms with Gasteiger partial charge in [-0.2, -0.15) is 0 Å². The Hall–Kier alpha value is -0.810. The van der Waals surface area contributed by atoms with Gasteiger partial charge in [-0.15, -0.1) is 0 Å². The molecule has 3 N–H and O–H groups in total. The van der Waals surface area contributed by atoms with Crippen LogP contribution >= 0.6 is 0 Å². The molecule has 1 saturated carbocycles. The van der Waals surface area contributed by atoms with Crippen LogP contribution in [-0.4, -0.2) is 53.9 Å². The Bertz CT molecular complexity index is 329. The van der Waals surface area contributed by atoms with Crippen LogP contribution in [0.2, 0.25) is 0 Å². The molecular formula is C16H31N3O2. The number of hydrogen-bond acceptors (Lipinski definition) is 3. The van der Waals surface area contributed by atoms with Crippen molar-refractivity contribution in [2.45, 2.75) is 70.5 Å². The molecule has 0 spiro atoms. The average Bonchev–Trinajstić information content (AvgIpc) is 3.07. The molecule has 122 valence electrons. The van der Waals surface area contributed by atoms with Crippen LogP contribution in [0.3, 0.4) is 0 Å². The third-order valence-corrected chi connectivity index (χ3v) is 4.71. The molecule has 5 heteroatoms. The summed E-state index contributed by atoms with van der Waals surface area (Å²) in [4.78, 5) is 14.6. The number of rotatable bonds is 6. The van der Waals surface area contributed by atoms with Gasteiger partial charge in [0, 0.05) is 25.2 Å². The molecule has 1 aliphatic carbocycles. The quantitative estimate of drug-likeness (QED) is 0.699. The van der Waals surface area contributed by atoms with E-state index in [1.54, 1.807) is 0 Å². The summed E-state index contributed by atoms with van der Waals surface area (Å²) in [5, 5.41) is 15.3. The molecule has 0 aromatic carbocycles. The van der Waals surface area contributed by atoms with E-state index in [0.717, 1.165) is 32.0 Å². The lowest BCUT2D eigenvalue weighted by atomic mass is 10.0. The number of urea groups is 1. The zero-order valence-corrected chi connectivity index (χ0v) is 13.5. The number of nitrogens with zero attached hydrogens (tertiary/aromatic N) is 1. The fourth-order valence-electron chi connectivity index (χ4n) is 3.67. The van der Waals surface area contributed by atoms with Crippen LogP contribution in [0.25, 0.3) is 0 Å². The van der Waals surface area contributed by atoms with Crippen molar-refractivity contribution < 1.29 is 9.90 Å². The largest absolute Gasteiger partial charge is 0.394 e. The Labute approximate surface area is 128 Å². The first-order valence-corrected chi connectivity index (χ1v) is 8.50. The Balaban J connectivity index is 1.70. The second-order valence-corrected chi connectivity index (χ2v) is 7.05. The van der Waals surface area contributed by atoms with Crippen LogP contribution in [0.1, 0.15) is 52.4 Å². The molecule has 0 aromatic heterocycles. The highest BCUT2D eigenvalue weighted by atomic mass is 16.3. The van der Waals surface area contributed by atoms with Gasteiger partial charge in [0.05, 0.1) is 12.6 Å². The highest BCUT2D eigenvalue weighted by molar-refractivity contribution is 5.74. The number of aliphatic hydroxyl groups excluding tert-OH is 1. The van der Waals surface area contributed by atoms with Gasteiger partial charge in [-0.3, -0.25) is 4.90 Å². The smallest absolute Gasteiger partial charge is 0.315 e. The fourth-order valence-corrected chi connectivity index (χ4v) is 3.67. The molecule has 1 saturated heterocycles. The van der Waals surface area contributed by atoms with Gasteiger partial charge in [0.15, 0.2) is 0 Å². The molecule has 0 bridgehead atoms. The topological polar surface area (TPSA) is 64.6 Å². The first-order valence-electron chi connectivity index (χ1n) is 8.50. The molecule has 2 amide bonds. The van der Waals surface area contributed by atoms with E-state index in [4.69, 9.17) is 0 Å². The molecule has 2 aliphatic rings. The van der Waals surface area contributed by atoms with E-state index in [0.29, 0.717) is 5.92 Å². The Morgan fingerprint density at radius 2 is 2.00 bits per heavy atom. The predicted molar refractivity (Wildman–Crippen MR) is 84.2 cm³/mol. The van der Waals surface area contributed by atoms with Crippen molar-refractivity contribution in [3.8, 4) is 0 Å². The number of likely N-dealkylation sites (tertiary alicyclic amines) is 1. The van der Waals surface area contributed by atoms with E-state index >= 15 is 0 Å². The van der Waals surface area contributed by atoms with Gasteiger partial charge in [-0.25, -0.2) is 4.79 Å². The molecule has 2 unspecified atom stereocenters. The summed E-state index contributed by atoms with van der Waals surface area (Å²) in [5.74, 6) is 0.465. The third-order valence-electron chi connectivity index (χ3n) is 4.71. The van der Waals surface area contributed by atoms with Crippen molar-refractivity contribution in [2.24, 2.45) is 5.92 Å². The van der Waals surface area contributed by atoms with Crippen molar-refractivity contribution in [3.05, 3.63) is 0 Å². The number of carbonyl (C=O) groups is 1. The predicted octanol–water partition coefficient (Wildman–Crippen LogP) is 1.71. The van der Waals surface area contributed by atoms with Crippen LogP contribution in [0.15, 0.2) is 0 Å². The van der Waals surface area contributed by atoms with Gasteiger partial charge < -0.3 is 15.7 Å². The SMILES string of the molecule is CC(C)CC(CO)NC(=O)NC1CCN(C2CCCC2)C1. The summed E-state index contributed by atoms with van der Waals surface area (Å²) in [6.45, 7) is 6.28. The van der Waals surface area contributed by atoms with Crippen molar-refractivity contribution in [2.75, 3.05) is 19.7 Å². The maximum absolute atomic E-state index is 12.0. The van der Waals surface area contributed by atoms with Crippen molar-refractivity contribution in [1.82, 2.24) is 15.5 Å². The monoisotopic (exact) mass is 297 g/mol. The molecule has 2 fully saturated rings. The lowest BCUT2D eigenvalue weighted by Gasteiger charge is -2.24. The summed E-state index contributed by atoms with van der Waals surface area (Å²) in [6, 6.07) is 0.722. The maximum atomic E-state index is 12.0. The van der Waals surface area contributed by atoms with E-state index in [2.05, 4.69) is 29.4 Å². The Morgan fingerprint density at radius 3 is 2.62 bits per heavy atom. The number of aliphatic hydroxyl groups is 1. The van der Waals surface area contributed by atoms with Crippen molar-refractivity contribution in [3.63, 3.8) is 0 Å². The summed E-state index contributed by atoms with van der Waals surface area (Å²) in [5.41, 5.74) is 0. The number of nitrogens with one attached hydrogen (secondary N) is 2. The van der Waals surface area contributed by atoms with E-state index in [-0.39, 0.29) is 24.7 Å². The third kappa shape index (κ3) is 5.15. The van der Waals surface area contributed by atoms with Crippen LogP contribution in [0, 0.1) is 5.92 Å². The standard InChI is InChI=1S/C16H31N3O2/c1-12(2)9-14(11-20)18-16(21)17-13-7-8-19(10-13)15-5-3-4-6-15/h12-15,20H,3-11H2,1-2H3,(H2,17,18,21). The summed E-state index contributed by atoms with van der Waals surface area (Å²) in [7, 11) is 0. The van der Waals surface area contributed by atoms with Crippen molar-refractivity contribution in [1.29, 1.82) is 0 Å². The molecular weight excluding hydrogens is 266 g/mol. The lowest BCUT2D eigenvalue weighted by molar-refractivity contribution is 0.202. The van der Waals surface area contributed by atoms with Crippen LogP contribution in [0.5, 0.6) is 0 Å². The fraction of sp³-hybridized carbons (Fsp3) is 0.938. The van der Waals surface area contributed by atoms with Crippen molar-refractivity contribution >= 4 is 6.03 Å². The number of amides is 2. The van der Waals surface area contributed by atoms with Crippen LogP contribution in [0.4, 0.5) is 4.79 Å². The lowest BCUT2D eigenvalue weighted by Crippen LogP contribution is -2.48. The van der Waals surface area contributed by atoms with E-state index in [9.17, 15) is 9.90 Å². The van der Waals surface area contributed by atoms with Gasteiger partial charge in [-0.1, -0.05) is 26.7 Å². The maximum Gasteiger partial charge on any atom is 0.315 e. The zero-order valence-electron chi connectivity index (χ0n) is 13.5. The molecule has 0 radical (unpaired) electrons. The highest BCUT2D eigenvalue weighted by Gasteiger charge is 2.30. The molecule has 21 heavy (non-hydrogen) atoms. The number of hydrogen-bond donors (Lipinski definition) is 3. The first-order chi connectivity index (χ1) is 10.1. The minimum absolute atomic E-state index is 0.00443. The van der Waals surface area contributed by atoms with Crippen LogP contribution < -0.4 is 10.6 Å². The average molecular weight is 297 g/mol.